The van der Waals surface area contributed by atoms with Crippen LogP contribution >= 0.6 is 0 Å². The van der Waals surface area contributed by atoms with Crippen LogP contribution in [0.15, 0.2) is 71.3 Å². The lowest BCUT2D eigenvalue weighted by molar-refractivity contribution is 1.38. The zero-order chi connectivity index (χ0) is 15.1. The zero-order valence-electron chi connectivity index (χ0n) is 13.1. The largest absolute Gasteiger partial charge is 0.293 e. The van der Waals surface area contributed by atoms with Crippen LogP contribution in [0, 0.1) is 0 Å². The van der Waals surface area contributed by atoms with Crippen LogP contribution in [0.25, 0.3) is 0 Å². The quantitative estimate of drug-likeness (QED) is 0.570. The minimum atomic E-state index is -0.424. The molecule has 3 rings (SSSR count). The standard InChI is InChI=1S/2C5H6.C5H5.3CH3.2Al/c3*1-2-4-5-3-1;;;;;/h2*1-4H,5H2;1-3H,4H2;3*1H3;;. The lowest BCUT2D eigenvalue weighted by atomic mass is 10.5. The summed E-state index contributed by atoms with van der Waals surface area (Å²) >= 11 is 1.99. The molecule has 0 aromatic rings. The molecule has 0 heterocycles. The first-order chi connectivity index (χ1) is 9.80. The van der Waals surface area contributed by atoms with Crippen LogP contribution in [0.2, 0.25) is 17.4 Å². The van der Waals surface area contributed by atoms with Gasteiger partial charge in [0.1, 0.15) is 16.3 Å². The highest BCUT2D eigenvalue weighted by atomic mass is 27.2. The fourth-order valence-electron chi connectivity index (χ4n) is 1.68. The topological polar surface area (TPSA) is 0 Å². The summed E-state index contributed by atoms with van der Waals surface area (Å²) in [6.45, 7) is 0. The van der Waals surface area contributed by atoms with Gasteiger partial charge in [0.2, 0.25) is 0 Å². The van der Waals surface area contributed by atoms with Crippen molar-refractivity contribution in [3.05, 3.63) is 71.3 Å². The van der Waals surface area contributed by atoms with Crippen LogP contribution in [0.5, 0.6) is 0 Å². The van der Waals surface area contributed by atoms with Gasteiger partial charge >= 0.3 is 0 Å². The highest BCUT2D eigenvalue weighted by Gasteiger charge is 2.08. The third kappa shape index (κ3) is 11.3. The van der Waals surface area contributed by atoms with Crippen LogP contribution in [0.4, 0.5) is 0 Å². The Morgan fingerprint density at radius 1 is 0.750 bits per heavy atom. The molecule has 3 aliphatic carbocycles. The summed E-state index contributed by atoms with van der Waals surface area (Å²) in [5, 5.41) is 0. The van der Waals surface area contributed by atoms with Gasteiger partial charge in [-0.2, -0.15) is 0 Å². The molecule has 3 aliphatic rings. The van der Waals surface area contributed by atoms with Crippen LogP contribution in [-0.4, -0.2) is 30.4 Å². The normalized spacial score (nSPS) is 15.7. The molecule has 0 saturated carbocycles. The van der Waals surface area contributed by atoms with E-state index in [-0.39, 0.29) is 0 Å². The molecule has 2 heteroatoms. The van der Waals surface area contributed by atoms with Crippen molar-refractivity contribution in [1.29, 1.82) is 0 Å². The molecule has 0 atom stereocenters. The molecule has 0 N–H and O–H groups in total. The van der Waals surface area contributed by atoms with Crippen LogP contribution in [0.3, 0.4) is 0 Å². The summed E-state index contributed by atoms with van der Waals surface area (Å²) in [7, 11) is 0. The van der Waals surface area contributed by atoms with Gasteiger partial charge < -0.3 is 0 Å². The van der Waals surface area contributed by atoms with Gasteiger partial charge in [0.25, 0.3) is 14.1 Å². The Labute approximate surface area is 138 Å². The highest BCUT2D eigenvalue weighted by molar-refractivity contribution is 6.64. The molecular weight excluding hydrogens is 270 g/mol. The van der Waals surface area contributed by atoms with Gasteiger partial charge in [0.15, 0.2) is 0 Å². The van der Waals surface area contributed by atoms with Gasteiger partial charge in [-0.25, -0.2) is 0 Å². The van der Waals surface area contributed by atoms with Gasteiger partial charge in [0.05, 0.1) is 0 Å². The zero-order valence-corrected chi connectivity index (χ0v) is 15.4. The summed E-state index contributed by atoms with van der Waals surface area (Å²) < 4.78 is 1.70. The van der Waals surface area contributed by atoms with Crippen LogP contribution < -0.4 is 0 Å². The van der Waals surface area contributed by atoms with Crippen molar-refractivity contribution >= 4 is 30.4 Å². The predicted molar refractivity (Wildman–Crippen MR) is 96.7 cm³/mol. The van der Waals surface area contributed by atoms with Crippen molar-refractivity contribution in [2.24, 2.45) is 0 Å². The Bertz CT molecular complexity index is 352. The molecule has 0 nitrogen and oxygen atoms in total. The fraction of sp³-hybridized carbons (Fsp3) is 0.333. The summed E-state index contributed by atoms with van der Waals surface area (Å²) in [4.78, 5) is 0. The average molecular weight is 296 g/mol. The Morgan fingerprint density at radius 3 is 1.35 bits per heavy atom. The predicted octanol–water partition coefficient (Wildman–Crippen LogP) is 5.37. The van der Waals surface area contributed by atoms with Crippen molar-refractivity contribution in [3.8, 4) is 0 Å². The summed E-state index contributed by atoms with van der Waals surface area (Å²) in [6, 6.07) is 0. The van der Waals surface area contributed by atoms with Gasteiger partial charge in [-0.3, -0.25) is 0 Å². The van der Waals surface area contributed by atoms with E-state index in [0.717, 1.165) is 12.8 Å². The van der Waals surface area contributed by atoms with Crippen molar-refractivity contribution in [1.82, 2.24) is 0 Å². The van der Waals surface area contributed by atoms with E-state index in [1.165, 1.54) is 6.42 Å². The average Bonchev–Trinajstić information content (AvgIpc) is 3.26. The summed E-state index contributed by atoms with van der Waals surface area (Å²) in [5.41, 5.74) is 0. The minimum Gasteiger partial charge on any atom is -0.128 e. The first kappa shape index (κ1) is 19.5. The highest BCUT2D eigenvalue weighted by Crippen LogP contribution is 2.12. The van der Waals surface area contributed by atoms with E-state index < -0.39 is 14.1 Å². The number of rotatable bonds is 1. The van der Waals surface area contributed by atoms with Crippen molar-refractivity contribution < 1.29 is 0 Å². The van der Waals surface area contributed by atoms with E-state index >= 15 is 0 Å². The van der Waals surface area contributed by atoms with Gasteiger partial charge in [-0.05, 0) is 19.3 Å². The number of hydrogen-bond donors (Lipinski definition) is 0. The Hall–Kier alpha value is -0.495. The Balaban J connectivity index is 0.000000264. The molecule has 20 heavy (non-hydrogen) atoms. The maximum atomic E-state index is 2.42. The monoisotopic (exact) mass is 296 g/mol. The third-order valence-corrected chi connectivity index (χ3v) is 4.76. The van der Waals surface area contributed by atoms with Crippen LogP contribution in [-0.2, 0) is 0 Å². The molecule has 0 bridgehead atoms. The lowest BCUT2D eigenvalue weighted by Gasteiger charge is -1.96. The number of allylic oxidation sites excluding steroid dienone is 12. The molecule has 0 unspecified atom stereocenters. The molecule has 0 aromatic carbocycles. The number of hydrogen-bond acceptors (Lipinski definition) is 0. The van der Waals surface area contributed by atoms with E-state index in [1.807, 2.05) is 5.79 Å². The third-order valence-electron chi connectivity index (χ3n) is 2.85. The van der Waals surface area contributed by atoms with E-state index in [0.29, 0.717) is 0 Å². The molecule has 104 valence electrons. The molecular formula is C18H26Al2. The van der Waals surface area contributed by atoms with Gasteiger partial charge in [-0.1, -0.05) is 66.8 Å². The molecule has 0 spiro atoms. The van der Waals surface area contributed by atoms with Crippen molar-refractivity contribution in [2.75, 3.05) is 0 Å². The summed E-state index contributed by atoms with van der Waals surface area (Å²) in [6.07, 6.45) is 26.9. The molecule has 0 saturated heterocycles. The van der Waals surface area contributed by atoms with E-state index in [9.17, 15) is 0 Å². The van der Waals surface area contributed by atoms with E-state index in [4.69, 9.17) is 0 Å². The maximum Gasteiger partial charge on any atom is 0.293 e. The smallest absolute Gasteiger partial charge is 0.128 e. The fourth-order valence-corrected chi connectivity index (χ4v) is 2.78. The van der Waals surface area contributed by atoms with Crippen molar-refractivity contribution in [3.63, 3.8) is 0 Å². The van der Waals surface area contributed by atoms with Crippen LogP contribution in [0.1, 0.15) is 19.3 Å². The molecule has 2 radical (unpaired) electrons. The lowest BCUT2D eigenvalue weighted by Crippen LogP contribution is -2.02. The molecule has 0 amide bonds. The Morgan fingerprint density at radius 2 is 1.20 bits per heavy atom. The van der Waals surface area contributed by atoms with E-state index in [2.05, 4.69) is 94.7 Å². The van der Waals surface area contributed by atoms with Crippen molar-refractivity contribution in [2.45, 2.75) is 36.6 Å². The van der Waals surface area contributed by atoms with E-state index in [1.54, 1.807) is 4.44 Å². The SMILES string of the molecule is C1=CCC=C1.C1=CCC=C1.[CH3][Al].[CH3][Al]([CH3])[C]1=CC=CC1. The molecule has 0 aliphatic heterocycles. The second kappa shape index (κ2) is 14.9. The first-order valence-corrected chi connectivity index (χ1v) is 11.4. The second-order valence-corrected chi connectivity index (χ2v) is 7.76. The second-order valence-electron chi connectivity index (χ2n) is 4.71. The molecule has 0 fully saturated rings. The summed E-state index contributed by atoms with van der Waals surface area (Å²) in [5.74, 6) is 6.66. The van der Waals surface area contributed by atoms with Gasteiger partial charge in [0, 0.05) is 0 Å². The van der Waals surface area contributed by atoms with Gasteiger partial charge in [-0.15, -0.1) is 21.8 Å². The maximum absolute atomic E-state index is 2.42. The molecule has 0 aromatic heterocycles. The minimum absolute atomic E-state index is 0.424. The first-order valence-electron chi connectivity index (χ1n) is 7.37. The Kier molecular flexibility index (Phi) is 14.5.